The summed E-state index contributed by atoms with van der Waals surface area (Å²) in [5.41, 5.74) is 2.29. The molecule has 1 N–H and O–H groups in total. The molecule has 1 saturated heterocycles. The summed E-state index contributed by atoms with van der Waals surface area (Å²) in [5.74, 6) is -0.886. The van der Waals surface area contributed by atoms with E-state index in [0.717, 1.165) is 11.1 Å². The van der Waals surface area contributed by atoms with E-state index in [-0.39, 0.29) is 17.4 Å². The number of carboxylic acids is 1. The Morgan fingerprint density at radius 2 is 1.88 bits per heavy atom. The van der Waals surface area contributed by atoms with Crippen molar-refractivity contribution in [1.29, 1.82) is 0 Å². The lowest BCUT2D eigenvalue weighted by Crippen LogP contribution is -2.30. The van der Waals surface area contributed by atoms with E-state index >= 15 is 0 Å². The van der Waals surface area contributed by atoms with Gasteiger partial charge in [0.2, 0.25) is 10.0 Å². The fraction of sp³-hybridized carbons (Fsp3) is 0.278. The summed E-state index contributed by atoms with van der Waals surface area (Å²) in [5, 5.41) is 8.82. The van der Waals surface area contributed by atoms with Gasteiger partial charge in [0.25, 0.3) is 0 Å². The first-order valence-electron chi connectivity index (χ1n) is 7.85. The van der Waals surface area contributed by atoms with Gasteiger partial charge in [-0.2, -0.15) is 4.31 Å². The van der Waals surface area contributed by atoms with Crippen molar-refractivity contribution in [2.24, 2.45) is 0 Å². The van der Waals surface area contributed by atoms with Gasteiger partial charge in [0.15, 0.2) is 0 Å². The Morgan fingerprint density at radius 1 is 1.20 bits per heavy atom. The van der Waals surface area contributed by atoms with Gasteiger partial charge in [0.05, 0.1) is 24.0 Å². The number of aliphatic carboxylic acids is 1. The smallest absolute Gasteiger partial charge is 0.307 e. The molecule has 6 nitrogen and oxygen atoms in total. The number of benzene rings is 2. The van der Waals surface area contributed by atoms with Crippen LogP contribution in [0.3, 0.4) is 0 Å². The van der Waals surface area contributed by atoms with Crippen LogP contribution in [0, 0.1) is 0 Å². The molecule has 1 atom stereocenters. The number of ether oxygens (including phenoxy) is 1. The van der Waals surface area contributed by atoms with Crippen LogP contribution in [0.15, 0.2) is 53.4 Å². The fourth-order valence-corrected chi connectivity index (χ4v) is 3.81. The molecule has 3 rings (SSSR count). The Bertz CT molecular complexity index is 873. The zero-order valence-corrected chi connectivity index (χ0v) is 14.6. The van der Waals surface area contributed by atoms with E-state index in [1.54, 1.807) is 49.5 Å². The zero-order valence-electron chi connectivity index (χ0n) is 13.8. The van der Waals surface area contributed by atoms with E-state index in [2.05, 4.69) is 0 Å². The van der Waals surface area contributed by atoms with Gasteiger partial charge < -0.3 is 9.84 Å². The highest BCUT2D eigenvalue weighted by molar-refractivity contribution is 7.89. The highest BCUT2D eigenvalue weighted by atomic mass is 32.2. The van der Waals surface area contributed by atoms with Gasteiger partial charge in [-0.15, -0.1) is 0 Å². The van der Waals surface area contributed by atoms with Gasteiger partial charge in [-0.1, -0.05) is 36.4 Å². The van der Waals surface area contributed by atoms with Crippen molar-refractivity contribution >= 4 is 16.0 Å². The Kier molecular flexibility index (Phi) is 4.89. The predicted molar refractivity (Wildman–Crippen MR) is 92.8 cm³/mol. The number of rotatable bonds is 7. The molecule has 0 spiro atoms. The lowest BCUT2D eigenvalue weighted by atomic mass is 10.0. The molecule has 0 aromatic heterocycles. The quantitative estimate of drug-likeness (QED) is 0.762. The maximum absolute atomic E-state index is 12.7. The topological polar surface area (TPSA) is 87.2 Å². The minimum atomic E-state index is -3.57. The molecular weight excluding hydrogens is 342 g/mol. The highest BCUT2D eigenvalue weighted by Crippen LogP contribution is 2.25. The molecular formula is C18H19NO5S. The molecule has 1 fully saturated rings. The zero-order chi connectivity index (χ0) is 18.0. The van der Waals surface area contributed by atoms with Crippen LogP contribution in [-0.2, 0) is 26.0 Å². The predicted octanol–water partition coefficient (Wildman–Crippen LogP) is 2.00. The number of carbonyl (C=O) groups is 1. The third kappa shape index (κ3) is 4.25. The lowest BCUT2D eigenvalue weighted by Gasteiger charge is -2.16. The number of carboxylic acid groups (broad SMARTS) is 1. The molecule has 0 bridgehead atoms. The van der Waals surface area contributed by atoms with Crippen LogP contribution in [0.5, 0.6) is 0 Å². The monoisotopic (exact) mass is 361 g/mol. The number of sulfonamides is 1. The molecule has 132 valence electrons. The third-order valence-electron chi connectivity index (χ3n) is 4.05. The summed E-state index contributed by atoms with van der Waals surface area (Å²) >= 11 is 0. The van der Waals surface area contributed by atoms with Crippen molar-refractivity contribution in [3.63, 3.8) is 0 Å². The first-order valence-corrected chi connectivity index (χ1v) is 9.29. The molecule has 1 heterocycles. The summed E-state index contributed by atoms with van der Waals surface area (Å²) < 4.78 is 31.7. The van der Waals surface area contributed by atoms with Gasteiger partial charge in [0.1, 0.15) is 0 Å². The molecule has 25 heavy (non-hydrogen) atoms. The molecule has 0 amide bonds. The molecule has 2 aromatic rings. The van der Waals surface area contributed by atoms with E-state index in [1.165, 1.54) is 4.31 Å². The van der Waals surface area contributed by atoms with Crippen LogP contribution < -0.4 is 0 Å². The van der Waals surface area contributed by atoms with Crippen LogP contribution in [-0.4, -0.2) is 50.1 Å². The number of epoxide rings is 1. The summed E-state index contributed by atoms with van der Waals surface area (Å²) in [6, 6.07) is 13.8. The van der Waals surface area contributed by atoms with Crippen molar-refractivity contribution < 1.29 is 23.1 Å². The third-order valence-corrected chi connectivity index (χ3v) is 5.87. The van der Waals surface area contributed by atoms with Crippen LogP contribution in [0.25, 0.3) is 11.1 Å². The van der Waals surface area contributed by atoms with E-state index < -0.39 is 16.0 Å². The van der Waals surface area contributed by atoms with Gasteiger partial charge in [0, 0.05) is 13.6 Å². The normalized spacial score (nSPS) is 16.8. The van der Waals surface area contributed by atoms with Gasteiger partial charge in [-0.05, 0) is 28.8 Å². The molecule has 2 aromatic carbocycles. The van der Waals surface area contributed by atoms with Crippen molar-refractivity contribution in [1.82, 2.24) is 4.31 Å². The van der Waals surface area contributed by atoms with Crippen molar-refractivity contribution in [2.75, 3.05) is 20.2 Å². The summed E-state index contributed by atoms with van der Waals surface area (Å²) in [6.45, 7) is 0.943. The second-order valence-corrected chi connectivity index (χ2v) is 8.08. The average Bonchev–Trinajstić information content (AvgIpc) is 3.39. The molecule has 0 aliphatic carbocycles. The average molecular weight is 361 g/mol. The van der Waals surface area contributed by atoms with Gasteiger partial charge in [-0.3, -0.25) is 4.79 Å². The van der Waals surface area contributed by atoms with Crippen LogP contribution in [0.1, 0.15) is 5.56 Å². The van der Waals surface area contributed by atoms with Crippen molar-refractivity contribution in [2.45, 2.75) is 17.4 Å². The van der Waals surface area contributed by atoms with E-state index in [0.29, 0.717) is 18.7 Å². The highest BCUT2D eigenvalue weighted by Gasteiger charge is 2.30. The first-order chi connectivity index (χ1) is 11.9. The van der Waals surface area contributed by atoms with Crippen LogP contribution >= 0.6 is 0 Å². The summed E-state index contributed by atoms with van der Waals surface area (Å²) in [7, 11) is -2.03. The Balaban J connectivity index is 1.84. The molecule has 7 heteroatoms. The van der Waals surface area contributed by atoms with Gasteiger partial charge >= 0.3 is 5.97 Å². The van der Waals surface area contributed by atoms with Crippen LogP contribution in [0.4, 0.5) is 0 Å². The number of hydrogen-bond acceptors (Lipinski definition) is 4. The maximum Gasteiger partial charge on any atom is 0.307 e. The molecule has 0 saturated carbocycles. The summed E-state index contributed by atoms with van der Waals surface area (Å²) in [4.78, 5) is 11.0. The summed E-state index contributed by atoms with van der Waals surface area (Å²) in [6.07, 6.45) is -0.0485. The first kappa shape index (κ1) is 17.6. The minimum Gasteiger partial charge on any atom is -0.481 e. The molecule has 1 aliphatic heterocycles. The van der Waals surface area contributed by atoms with E-state index in [4.69, 9.17) is 9.84 Å². The van der Waals surface area contributed by atoms with Crippen molar-refractivity contribution in [3.8, 4) is 11.1 Å². The minimum absolute atomic E-state index is 0.00950. The maximum atomic E-state index is 12.7. The standard InChI is InChI=1S/C18H19NO5S/c1-19(11-16-12-24-16)25(22,23)17-4-2-3-15(10-17)14-7-5-13(6-8-14)9-18(20)21/h2-8,10,16H,9,11-12H2,1H3,(H,20,21)/t16-/m0/s1. The second-order valence-electron chi connectivity index (χ2n) is 6.04. The Morgan fingerprint density at radius 3 is 2.48 bits per heavy atom. The fourth-order valence-electron chi connectivity index (χ4n) is 2.56. The number of hydrogen-bond donors (Lipinski definition) is 1. The molecule has 0 unspecified atom stereocenters. The van der Waals surface area contributed by atoms with Gasteiger partial charge in [-0.25, -0.2) is 8.42 Å². The second kappa shape index (κ2) is 6.95. The number of likely N-dealkylation sites (N-methyl/N-ethyl adjacent to an activating group) is 1. The largest absolute Gasteiger partial charge is 0.481 e. The SMILES string of the molecule is CN(C[C@H]1CO1)S(=O)(=O)c1cccc(-c2ccc(CC(=O)O)cc2)c1. The van der Waals surface area contributed by atoms with Crippen LogP contribution in [0.2, 0.25) is 0 Å². The molecule has 1 aliphatic rings. The molecule has 0 radical (unpaired) electrons. The van der Waals surface area contributed by atoms with E-state index in [9.17, 15) is 13.2 Å². The Hall–Kier alpha value is -2.22. The number of nitrogens with zero attached hydrogens (tertiary/aromatic N) is 1. The van der Waals surface area contributed by atoms with Crippen molar-refractivity contribution in [3.05, 3.63) is 54.1 Å². The van der Waals surface area contributed by atoms with E-state index in [1.807, 2.05) is 6.07 Å². The lowest BCUT2D eigenvalue weighted by molar-refractivity contribution is -0.136. The Labute approximate surface area is 146 Å².